The van der Waals surface area contributed by atoms with Crippen LogP contribution in [0.5, 0.6) is 0 Å². The van der Waals surface area contributed by atoms with Crippen LogP contribution in [0.25, 0.3) is 0 Å². The molecule has 0 aliphatic rings. The molecule has 0 unspecified atom stereocenters. The first kappa shape index (κ1) is 21.7. The van der Waals surface area contributed by atoms with Crippen LogP contribution in [-0.2, 0) is 6.54 Å². The van der Waals surface area contributed by atoms with Gasteiger partial charge < -0.3 is 15.5 Å². The standard InChI is InChI=1S/C17H28N4O.HI/c1-5-6-7-12-19-17(18-2)20-13-14-8-10-15(11-9-14)16(22)21(3)4;/h8-11H,5-7,12-13H2,1-4H3,(H2,18,19,20);1H. The summed E-state index contributed by atoms with van der Waals surface area (Å²) in [4.78, 5) is 17.6. The summed E-state index contributed by atoms with van der Waals surface area (Å²) in [5.74, 6) is 0.831. The van der Waals surface area contributed by atoms with Crippen LogP contribution < -0.4 is 10.6 Å². The van der Waals surface area contributed by atoms with Crippen molar-refractivity contribution in [2.45, 2.75) is 32.7 Å². The molecule has 2 N–H and O–H groups in total. The number of halogens is 1. The second kappa shape index (κ2) is 12.2. The van der Waals surface area contributed by atoms with Gasteiger partial charge in [0.2, 0.25) is 0 Å². The molecule has 1 amide bonds. The van der Waals surface area contributed by atoms with E-state index < -0.39 is 0 Å². The lowest BCUT2D eigenvalue weighted by Crippen LogP contribution is -2.37. The zero-order valence-electron chi connectivity index (χ0n) is 14.6. The maximum atomic E-state index is 11.8. The molecule has 0 aliphatic carbocycles. The normalized spacial score (nSPS) is 10.7. The summed E-state index contributed by atoms with van der Waals surface area (Å²) in [6.07, 6.45) is 3.59. The summed E-state index contributed by atoms with van der Waals surface area (Å²) in [5, 5.41) is 6.57. The molecule has 0 aliphatic heterocycles. The summed E-state index contributed by atoms with van der Waals surface area (Å²) < 4.78 is 0. The molecular weight excluding hydrogens is 403 g/mol. The molecule has 1 aromatic carbocycles. The van der Waals surface area contributed by atoms with Gasteiger partial charge in [-0.05, 0) is 24.1 Å². The lowest BCUT2D eigenvalue weighted by molar-refractivity contribution is 0.0827. The fourth-order valence-corrected chi connectivity index (χ4v) is 2.01. The van der Waals surface area contributed by atoms with Crippen molar-refractivity contribution in [2.24, 2.45) is 4.99 Å². The van der Waals surface area contributed by atoms with Crippen molar-refractivity contribution >= 4 is 35.8 Å². The first-order valence-corrected chi connectivity index (χ1v) is 7.83. The predicted octanol–water partition coefficient (Wildman–Crippen LogP) is 2.86. The molecule has 130 valence electrons. The van der Waals surface area contributed by atoms with Gasteiger partial charge in [0, 0.05) is 39.8 Å². The van der Waals surface area contributed by atoms with Crippen LogP contribution in [0.3, 0.4) is 0 Å². The number of hydrogen-bond donors (Lipinski definition) is 2. The number of unbranched alkanes of at least 4 members (excludes halogenated alkanes) is 2. The highest BCUT2D eigenvalue weighted by Crippen LogP contribution is 2.06. The van der Waals surface area contributed by atoms with Crippen molar-refractivity contribution in [1.29, 1.82) is 0 Å². The number of amides is 1. The number of hydrogen-bond acceptors (Lipinski definition) is 2. The highest BCUT2D eigenvalue weighted by atomic mass is 127. The van der Waals surface area contributed by atoms with E-state index in [0.717, 1.165) is 24.5 Å². The van der Waals surface area contributed by atoms with Gasteiger partial charge in [0.1, 0.15) is 0 Å². The van der Waals surface area contributed by atoms with E-state index in [1.54, 1.807) is 26.0 Å². The molecule has 23 heavy (non-hydrogen) atoms. The highest BCUT2D eigenvalue weighted by Gasteiger charge is 2.07. The molecule has 0 saturated carbocycles. The summed E-state index contributed by atoms with van der Waals surface area (Å²) in [5.41, 5.74) is 1.82. The van der Waals surface area contributed by atoms with Crippen molar-refractivity contribution in [3.8, 4) is 0 Å². The Morgan fingerprint density at radius 2 is 1.78 bits per heavy atom. The van der Waals surface area contributed by atoms with Gasteiger partial charge >= 0.3 is 0 Å². The maximum absolute atomic E-state index is 11.8. The first-order valence-electron chi connectivity index (χ1n) is 7.83. The van der Waals surface area contributed by atoms with Crippen molar-refractivity contribution in [3.05, 3.63) is 35.4 Å². The molecule has 0 bridgehead atoms. The fourth-order valence-electron chi connectivity index (χ4n) is 2.01. The third-order valence-corrected chi connectivity index (χ3v) is 3.36. The van der Waals surface area contributed by atoms with E-state index in [9.17, 15) is 4.79 Å². The van der Waals surface area contributed by atoms with E-state index in [-0.39, 0.29) is 29.9 Å². The van der Waals surface area contributed by atoms with Crippen molar-refractivity contribution in [2.75, 3.05) is 27.7 Å². The number of carbonyl (C=O) groups is 1. The Balaban J connectivity index is 0.00000484. The molecule has 1 rings (SSSR count). The molecule has 0 atom stereocenters. The van der Waals surface area contributed by atoms with Crippen LogP contribution in [0.4, 0.5) is 0 Å². The number of guanidine groups is 1. The molecule has 0 heterocycles. The molecule has 0 saturated heterocycles. The lowest BCUT2D eigenvalue weighted by atomic mass is 10.1. The minimum Gasteiger partial charge on any atom is -0.356 e. The van der Waals surface area contributed by atoms with Crippen LogP contribution in [0.1, 0.15) is 42.1 Å². The average molecular weight is 432 g/mol. The quantitative estimate of drug-likeness (QED) is 0.302. The van der Waals surface area contributed by atoms with Gasteiger partial charge in [-0.25, -0.2) is 0 Å². The van der Waals surface area contributed by atoms with E-state index >= 15 is 0 Å². The largest absolute Gasteiger partial charge is 0.356 e. The number of benzene rings is 1. The van der Waals surface area contributed by atoms with Crippen LogP contribution in [0.2, 0.25) is 0 Å². The number of carbonyl (C=O) groups excluding carboxylic acids is 1. The summed E-state index contributed by atoms with van der Waals surface area (Å²) in [6.45, 7) is 3.81. The molecule has 5 nitrogen and oxygen atoms in total. The second-order valence-corrected chi connectivity index (χ2v) is 5.46. The van der Waals surface area contributed by atoms with Crippen molar-refractivity contribution in [3.63, 3.8) is 0 Å². The van der Waals surface area contributed by atoms with Gasteiger partial charge in [-0.2, -0.15) is 0 Å². The predicted molar refractivity (Wildman–Crippen MR) is 108 cm³/mol. The zero-order chi connectivity index (χ0) is 16.4. The van der Waals surface area contributed by atoms with Crippen LogP contribution >= 0.6 is 24.0 Å². The number of aliphatic imine (C=N–C) groups is 1. The minimum atomic E-state index is 0. The van der Waals surface area contributed by atoms with E-state index in [1.807, 2.05) is 24.3 Å². The fraction of sp³-hybridized carbons (Fsp3) is 0.529. The summed E-state index contributed by atoms with van der Waals surface area (Å²) >= 11 is 0. The van der Waals surface area contributed by atoms with Crippen LogP contribution in [-0.4, -0.2) is 44.5 Å². The zero-order valence-corrected chi connectivity index (χ0v) is 16.9. The van der Waals surface area contributed by atoms with Crippen molar-refractivity contribution < 1.29 is 4.79 Å². The van der Waals surface area contributed by atoms with E-state index in [0.29, 0.717) is 12.1 Å². The summed E-state index contributed by atoms with van der Waals surface area (Å²) in [7, 11) is 5.28. The third-order valence-electron chi connectivity index (χ3n) is 3.36. The van der Waals surface area contributed by atoms with E-state index in [1.165, 1.54) is 12.8 Å². The molecule has 0 spiro atoms. The molecule has 0 fully saturated rings. The highest BCUT2D eigenvalue weighted by molar-refractivity contribution is 14.0. The Bertz CT molecular complexity index is 486. The molecule has 0 aromatic heterocycles. The monoisotopic (exact) mass is 432 g/mol. The van der Waals surface area contributed by atoms with Crippen LogP contribution in [0.15, 0.2) is 29.3 Å². The van der Waals surface area contributed by atoms with Gasteiger partial charge in [0.05, 0.1) is 0 Å². The van der Waals surface area contributed by atoms with Crippen molar-refractivity contribution in [1.82, 2.24) is 15.5 Å². The molecule has 1 aromatic rings. The number of nitrogens with one attached hydrogen (secondary N) is 2. The summed E-state index contributed by atoms with van der Waals surface area (Å²) in [6, 6.07) is 7.65. The minimum absolute atomic E-state index is 0. The average Bonchev–Trinajstić information content (AvgIpc) is 2.54. The SMILES string of the molecule is CCCCCNC(=NC)NCc1ccc(C(=O)N(C)C)cc1.I. The Morgan fingerprint density at radius 1 is 1.13 bits per heavy atom. The van der Waals surface area contributed by atoms with E-state index in [2.05, 4.69) is 22.5 Å². The lowest BCUT2D eigenvalue weighted by Gasteiger charge is -2.13. The first-order chi connectivity index (χ1) is 10.6. The van der Waals surface area contributed by atoms with E-state index in [4.69, 9.17) is 0 Å². The topological polar surface area (TPSA) is 56.7 Å². The van der Waals surface area contributed by atoms with Gasteiger partial charge in [0.15, 0.2) is 5.96 Å². The van der Waals surface area contributed by atoms with Gasteiger partial charge in [-0.1, -0.05) is 31.9 Å². The molecule has 6 heteroatoms. The molecule has 0 radical (unpaired) electrons. The smallest absolute Gasteiger partial charge is 0.253 e. The number of nitrogens with zero attached hydrogens (tertiary/aromatic N) is 2. The van der Waals surface area contributed by atoms with Gasteiger partial charge in [0.25, 0.3) is 5.91 Å². The Hall–Kier alpha value is -1.31. The van der Waals surface area contributed by atoms with Gasteiger partial charge in [-0.15, -0.1) is 24.0 Å². The third kappa shape index (κ3) is 8.20. The maximum Gasteiger partial charge on any atom is 0.253 e. The second-order valence-electron chi connectivity index (χ2n) is 5.46. The Morgan fingerprint density at radius 3 is 2.30 bits per heavy atom. The molecular formula is C17H29IN4O. The Kier molecular flexibility index (Phi) is 11.5. The van der Waals surface area contributed by atoms with Gasteiger partial charge in [-0.3, -0.25) is 9.79 Å². The van der Waals surface area contributed by atoms with Crippen LogP contribution in [0, 0.1) is 0 Å². The number of rotatable bonds is 7. The Labute approximate surface area is 157 Å².